The molecule has 2 atom stereocenters. The summed E-state index contributed by atoms with van der Waals surface area (Å²) in [4.78, 5) is 39.3. The molecule has 0 radical (unpaired) electrons. The summed E-state index contributed by atoms with van der Waals surface area (Å²) < 4.78 is 22.7. The molecule has 39 heavy (non-hydrogen) atoms. The molecule has 1 aromatic carbocycles. The molecule has 0 spiro atoms. The first-order valence-electron chi connectivity index (χ1n) is 13.6. The van der Waals surface area contributed by atoms with E-state index < -0.39 is 28.8 Å². The Morgan fingerprint density at radius 3 is 2.59 bits per heavy atom. The predicted molar refractivity (Wildman–Crippen MR) is 142 cm³/mol. The molecule has 5 rings (SSSR count). The highest BCUT2D eigenvalue weighted by Crippen LogP contribution is 2.45. The maximum Gasteiger partial charge on any atom is 0.317 e. The number of ether oxygens (including phenoxy) is 1. The number of esters is 1. The molecular weight excluding hydrogens is 497 g/mol. The van der Waals surface area contributed by atoms with Crippen molar-refractivity contribution in [3.63, 3.8) is 0 Å². The second-order valence-electron chi connectivity index (χ2n) is 11.6. The first kappa shape index (κ1) is 26.9. The zero-order valence-corrected chi connectivity index (χ0v) is 23.0. The number of aryl methyl sites for hydroxylation is 3. The Hall–Kier alpha value is -3.67. The smallest absolute Gasteiger partial charge is 0.317 e. The number of nitrogens with zero attached hydrogens (tertiary/aromatic N) is 5. The summed E-state index contributed by atoms with van der Waals surface area (Å²) >= 11 is 0. The zero-order chi connectivity index (χ0) is 27.9. The van der Waals surface area contributed by atoms with Gasteiger partial charge in [-0.15, -0.1) is 5.10 Å². The summed E-state index contributed by atoms with van der Waals surface area (Å²) in [6, 6.07) is 6.86. The van der Waals surface area contributed by atoms with E-state index >= 15 is 0 Å². The van der Waals surface area contributed by atoms with Crippen LogP contribution in [0.25, 0.3) is 10.6 Å². The van der Waals surface area contributed by atoms with Gasteiger partial charge >= 0.3 is 5.97 Å². The van der Waals surface area contributed by atoms with Crippen molar-refractivity contribution in [3.05, 3.63) is 69.8 Å². The topological polar surface area (TPSA) is 90.8 Å². The minimum absolute atomic E-state index is 0.0732. The molecule has 3 aromatic rings. The number of ketones is 1. The van der Waals surface area contributed by atoms with Crippen LogP contribution in [0.2, 0.25) is 0 Å². The molecule has 1 aliphatic carbocycles. The Balaban J connectivity index is 1.35. The molecule has 2 fully saturated rings. The van der Waals surface area contributed by atoms with E-state index in [1.807, 2.05) is 26.0 Å². The van der Waals surface area contributed by atoms with E-state index in [1.54, 1.807) is 24.4 Å². The lowest BCUT2D eigenvalue weighted by atomic mass is 9.73. The van der Waals surface area contributed by atoms with Crippen LogP contribution in [0.4, 0.5) is 4.39 Å². The summed E-state index contributed by atoms with van der Waals surface area (Å²) in [5.74, 6) is -1.13. The summed E-state index contributed by atoms with van der Waals surface area (Å²) in [6.07, 6.45) is 5.00. The largest absolute Gasteiger partial charge is 0.458 e. The van der Waals surface area contributed by atoms with Gasteiger partial charge in [-0.05, 0) is 69.2 Å². The number of hydrogen-bond acceptors (Lipinski definition) is 6. The van der Waals surface area contributed by atoms with Crippen LogP contribution >= 0.6 is 0 Å². The van der Waals surface area contributed by atoms with Crippen molar-refractivity contribution < 1.29 is 18.7 Å². The second kappa shape index (κ2) is 10.1. The molecule has 1 aliphatic heterocycles. The molecule has 9 heteroatoms. The van der Waals surface area contributed by atoms with E-state index in [0.717, 1.165) is 42.6 Å². The monoisotopic (exact) mass is 531 g/mol. The molecule has 8 nitrogen and oxygen atoms in total. The lowest BCUT2D eigenvalue weighted by Crippen LogP contribution is -2.52. The van der Waals surface area contributed by atoms with Crippen LogP contribution in [0.1, 0.15) is 80.7 Å². The molecule has 2 aromatic heterocycles. The zero-order valence-electron chi connectivity index (χ0n) is 23.0. The minimum atomic E-state index is -0.953. The van der Waals surface area contributed by atoms with Gasteiger partial charge in [0, 0.05) is 38.1 Å². The SMILES string of the molecule is [C-]#[N+]C(C)(C)c1ccc(CCC2(C3CCCC3)CC(=O)C(Cc3nc4nc(C)cc(C)n4n3)C(=O)O2)cc1F. The number of aromatic nitrogens is 4. The molecule has 3 heterocycles. The fourth-order valence-corrected chi connectivity index (χ4v) is 6.18. The first-order chi connectivity index (χ1) is 18.5. The minimum Gasteiger partial charge on any atom is -0.458 e. The highest BCUT2D eigenvalue weighted by molar-refractivity contribution is 6.01. The van der Waals surface area contributed by atoms with E-state index in [0.29, 0.717) is 30.0 Å². The summed E-state index contributed by atoms with van der Waals surface area (Å²) in [6.45, 7) is 14.5. The standard InChI is InChI=1S/C30H34FN5O3/c1-18-14-19(2)36-28(33-18)34-26(35-36)16-22-25(37)17-30(39-27(22)38,21-8-6-7-9-21)13-12-20-10-11-23(24(31)15-20)29(3,4)32-5/h10-11,14-15,21-22H,6-9,12-13,16-17H2,1-4H3. The number of cyclic esters (lactones) is 1. The Labute approximate surface area is 227 Å². The maximum absolute atomic E-state index is 14.9. The van der Waals surface area contributed by atoms with Crippen LogP contribution in [0.5, 0.6) is 0 Å². The van der Waals surface area contributed by atoms with Crippen molar-refractivity contribution in [2.45, 2.75) is 90.2 Å². The van der Waals surface area contributed by atoms with Gasteiger partial charge in [0.1, 0.15) is 17.3 Å². The molecule has 0 amide bonds. The Morgan fingerprint density at radius 2 is 1.92 bits per heavy atom. The summed E-state index contributed by atoms with van der Waals surface area (Å²) in [5, 5.41) is 4.47. The van der Waals surface area contributed by atoms with Crippen LogP contribution in [0.3, 0.4) is 0 Å². The van der Waals surface area contributed by atoms with Crippen molar-refractivity contribution >= 4 is 17.5 Å². The molecule has 1 saturated carbocycles. The number of hydrogen-bond donors (Lipinski definition) is 0. The molecule has 2 unspecified atom stereocenters. The molecular formula is C30H34FN5O3. The highest BCUT2D eigenvalue weighted by atomic mass is 19.1. The quantitative estimate of drug-likeness (QED) is 0.234. The Bertz CT molecular complexity index is 1460. The van der Waals surface area contributed by atoms with Gasteiger partial charge in [-0.25, -0.2) is 20.5 Å². The lowest BCUT2D eigenvalue weighted by molar-refractivity contribution is -0.185. The van der Waals surface area contributed by atoms with Crippen molar-refractivity contribution in [1.82, 2.24) is 19.6 Å². The van der Waals surface area contributed by atoms with Crippen LogP contribution in [0, 0.1) is 38.1 Å². The number of halogens is 1. The Kier molecular flexibility index (Phi) is 7.00. The molecule has 2 aliphatic rings. The van der Waals surface area contributed by atoms with Gasteiger partial charge in [-0.3, -0.25) is 9.59 Å². The van der Waals surface area contributed by atoms with E-state index in [2.05, 4.69) is 19.9 Å². The van der Waals surface area contributed by atoms with Crippen LogP contribution < -0.4 is 0 Å². The van der Waals surface area contributed by atoms with Crippen molar-refractivity contribution in [2.24, 2.45) is 11.8 Å². The fourth-order valence-electron chi connectivity index (χ4n) is 6.18. The summed E-state index contributed by atoms with van der Waals surface area (Å²) in [5.41, 5.74) is 0.960. The third-order valence-corrected chi connectivity index (χ3v) is 8.41. The molecule has 0 N–H and O–H groups in total. The van der Waals surface area contributed by atoms with Gasteiger partial charge in [-0.1, -0.05) is 18.9 Å². The average molecular weight is 532 g/mol. The lowest BCUT2D eigenvalue weighted by Gasteiger charge is -2.43. The van der Waals surface area contributed by atoms with Crippen LogP contribution in [0.15, 0.2) is 24.3 Å². The number of Topliss-reactive ketones (excluding diaryl/α,β-unsaturated/α-hetero) is 1. The number of carbonyl (C=O) groups is 2. The summed E-state index contributed by atoms with van der Waals surface area (Å²) in [7, 11) is 0. The van der Waals surface area contributed by atoms with Gasteiger partial charge in [0.2, 0.25) is 0 Å². The number of carbonyl (C=O) groups excluding carboxylic acids is 2. The third kappa shape index (κ3) is 5.17. The third-order valence-electron chi connectivity index (χ3n) is 8.41. The normalized spacial score (nSPS) is 22.3. The van der Waals surface area contributed by atoms with Crippen molar-refractivity contribution in [1.29, 1.82) is 0 Å². The van der Waals surface area contributed by atoms with E-state index in [1.165, 1.54) is 6.07 Å². The van der Waals surface area contributed by atoms with E-state index in [4.69, 9.17) is 11.3 Å². The van der Waals surface area contributed by atoms with Crippen molar-refractivity contribution in [3.8, 4) is 0 Å². The first-order valence-corrected chi connectivity index (χ1v) is 13.6. The highest BCUT2D eigenvalue weighted by Gasteiger charge is 2.51. The maximum atomic E-state index is 14.9. The average Bonchev–Trinajstić information content (AvgIpc) is 3.56. The molecule has 204 valence electrons. The number of rotatable bonds is 7. The Morgan fingerprint density at radius 1 is 1.18 bits per heavy atom. The number of fused-ring (bicyclic) bond motifs is 1. The van der Waals surface area contributed by atoms with Crippen LogP contribution in [-0.4, -0.2) is 36.9 Å². The van der Waals surface area contributed by atoms with E-state index in [-0.39, 0.29) is 24.5 Å². The van der Waals surface area contributed by atoms with Gasteiger partial charge in [0.25, 0.3) is 11.3 Å². The number of benzene rings is 1. The predicted octanol–water partition coefficient (Wildman–Crippen LogP) is 5.27. The van der Waals surface area contributed by atoms with Gasteiger partial charge in [0.15, 0.2) is 11.6 Å². The van der Waals surface area contributed by atoms with Gasteiger partial charge in [0.05, 0.1) is 5.56 Å². The van der Waals surface area contributed by atoms with E-state index in [9.17, 15) is 14.0 Å². The van der Waals surface area contributed by atoms with Gasteiger partial charge < -0.3 is 9.58 Å². The fraction of sp³-hybridized carbons (Fsp3) is 0.533. The molecule has 1 saturated heterocycles. The van der Waals surface area contributed by atoms with Crippen molar-refractivity contribution in [2.75, 3.05) is 0 Å². The van der Waals surface area contributed by atoms with Crippen LogP contribution in [-0.2, 0) is 32.7 Å². The van der Waals surface area contributed by atoms with Gasteiger partial charge in [-0.2, -0.15) is 4.98 Å². The second-order valence-corrected chi connectivity index (χ2v) is 11.6. The molecule has 0 bridgehead atoms.